The summed E-state index contributed by atoms with van der Waals surface area (Å²) in [4.78, 5) is 0. The van der Waals surface area contributed by atoms with Gasteiger partial charge in [-0.05, 0) is 56.0 Å². The molecule has 0 spiro atoms. The molecule has 1 aromatic rings. The zero-order valence-corrected chi connectivity index (χ0v) is 14.5. The predicted molar refractivity (Wildman–Crippen MR) is 94.9 cm³/mol. The van der Waals surface area contributed by atoms with Crippen molar-refractivity contribution in [2.45, 2.75) is 45.1 Å². The van der Waals surface area contributed by atoms with E-state index in [0.717, 1.165) is 23.1 Å². The van der Waals surface area contributed by atoms with E-state index >= 15 is 0 Å². The van der Waals surface area contributed by atoms with E-state index in [-0.39, 0.29) is 0 Å². The van der Waals surface area contributed by atoms with Crippen LogP contribution in [-0.4, -0.2) is 25.4 Å². The quantitative estimate of drug-likeness (QED) is 0.803. The predicted octanol–water partition coefficient (Wildman–Crippen LogP) is 3.96. The Morgan fingerprint density at radius 2 is 1.91 bits per heavy atom. The summed E-state index contributed by atoms with van der Waals surface area (Å²) in [7, 11) is 3.28. The second kappa shape index (κ2) is 8.22. The van der Waals surface area contributed by atoms with E-state index in [1.807, 2.05) is 18.2 Å². The van der Waals surface area contributed by atoms with Crippen LogP contribution in [0.1, 0.15) is 39.0 Å². The Kier molecular flexibility index (Phi) is 6.31. The van der Waals surface area contributed by atoms with E-state index in [4.69, 9.17) is 21.7 Å². The monoisotopic (exact) mass is 322 g/mol. The summed E-state index contributed by atoms with van der Waals surface area (Å²) in [6.07, 6.45) is 6.27. The smallest absolute Gasteiger partial charge is 0.171 e. The second-order valence-corrected chi connectivity index (χ2v) is 6.20. The van der Waals surface area contributed by atoms with Gasteiger partial charge in [0.2, 0.25) is 0 Å². The molecule has 0 radical (unpaired) electrons. The summed E-state index contributed by atoms with van der Waals surface area (Å²) < 4.78 is 10.6. The van der Waals surface area contributed by atoms with Crippen LogP contribution in [0, 0.1) is 5.92 Å². The van der Waals surface area contributed by atoms with Crippen LogP contribution in [0.25, 0.3) is 0 Å². The number of rotatable bonds is 5. The molecular weight excluding hydrogens is 296 g/mol. The third-order valence-electron chi connectivity index (χ3n) is 4.42. The van der Waals surface area contributed by atoms with E-state index in [9.17, 15) is 0 Å². The molecule has 22 heavy (non-hydrogen) atoms. The largest absolute Gasteiger partial charge is 0.497 e. The third-order valence-corrected chi connectivity index (χ3v) is 4.64. The fourth-order valence-electron chi connectivity index (χ4n) is 2.96. The van der Waals surface area contributed by atoms with Gasteiger partial charge in [-0.15, -0.1) is 0 Å². The summed E-state index contributed by atoms with van der Waals surface area (Å²) in [5, 5.41) is 7.31. The van der Waals surface area contributed by atoms with Crippen molar-refractivity contribution in [3.63, 3.8) is 0 Å². The zero-order valence-electron chi connectivity index (χ0n) is 13.6. The van der Waals surface area contributed by atoms with E-state index < -0.39 is 0 Å². The Hall–Kier alpha value is -1.49. The Morgan fingerprint density at radius 3 is 2.50 bits per heavy atom. The second-order valence-electron chi connectivity index (χ2n) is 5.79. The lowest BCUT2D eigenvalue weighted by molar-refractivity contribution is 0.306. The molecule has 0 heterocycles. The minimum atomic E-state index is 0.479. The van der Waals surface area contributed by atoms with Crippen molar-refractivity contribution in [1.82, 2.24) is 5.32 Å². The molecule has 5 heteroatoms. The summed E-state index contributed by atoms with van der Waals surface area (Å²) in [6.45, 7) is 2.28. The third kappa shape index (κ3) is 4.50. The Bertz CT molecular complexity index is 499. The van der Waals surface area contributed by atoms with Gasteiger partial charge < -0.3 is 20.1 Å². The maximum Gasteiger partial charge on any atom is 0.171 e. The first-order valence-electron chi connectivity index (χ1n) is 7.95. The minimum Gasteiger partial charge on any atom is -0.497 e. The van der Waals surface area contributed by atoms with Crippen molar-refractivity contribution in [2.24, 2.45) is 5.92 Å². The number of hydrogen-bond donors (Lipinski definition) is 2. The van der Waals surface area contributed by atoms with Crippen molar-refractivity contribution in [1.29, 1.82) is 0 Å². The maximum absolute atomic E-state index is 5.43. The van der Waals surface area contributed by atoms with Crippen LogP contribution < -0.4 is 20.1 Å². The average Bonchev–Trinajstić information content (AvgIpc) is 2.55. The average molecular weight is 322 g/mol. The Labute approximate surface area is 138 Å². The highest BCUT2D eigenvalue weighted by molar-refractivity contribution is 7.80. The molecule has 1 saturated carbocycles. The van der Waals surface area contributed by atoms with Gasteiger partial charge in [0.25, 0.3) is 0 Å². The van der Waals surface area contributed by atoms with Gasteiger partial charge in [-0.1, -0.05) is 13.3 Å². The summed E-state index contributed by atoms with van der Waals surface area (Å²) >= 11 is 5.43. The molecular formula is C17H26N2O2S. The zero-order chi connectivity index (χ0) is 15.9. The molecule has 0 aromatic heterocycles. The number of thiocarbonyl (C=S) groups is 1. The Balaban J connectivity index is 1.89. The highest BCUT2D eigenvalue weighted by Crippen LogP contribution is 2.29. The molecule has 0 amide bonds. The standard InChI is InChI=1S/C17H26N2O2S/c1-4-12-5-7-13(8-6-12)18-17(22)19-15-10-9-14(20-2)11-16(15)21-3/h9-13H,4-8H2,1-3H3,(H2,18,19,22). The lowest BCUT2D eigenvalue weighted by Crippen LogP contribution is -2.40. The number of hydrogen-bond acceptors (Lipinski definition) is 3. The summed E-state index contributed by atoms with van der Waals surface area (Å²) in [5.74, 6) is 2.37. The van der Waals surface area contributed by atoms with Crippen LogP contribution in [0.2, 0.25) is 0 Å². The summed E-state index contributed by atoms with van der Waals surface area (Å²) in [5.41, 5.74) is 0.850. The molecule has 2 rings (SSSR count). The first-order valence-corrected chi connectivity index (χ1v) is 8.36. The fourth-order valence-corrected chi connectivity index (χ4v) is 3.24. The van der Waals surface area contributed by atoms with Gasteiger partial charge in [0.1, 0.15) is 11.5 Å². The van der Waals surface area contributed by atoms with Crippen LogP contribution in [0.15, 0.2) is 18.2 Å². The van der Waals surface area contributed by atoms with Gasteiger partial charge in [0, 0.05) is 12.1 Å². The van der Waals surface area contributed by atoms with Gasteiger partial charge in [-0.2, -0.15) is 0 Å². The lowest BCUT2D eigenvalue weighted by atomic mass is 9.85. The molecule has 4 nitrogen and oxygen atoms in total. The van der Waals surface area contributed by atoms with E-state index in [1.165, 1.54) is 32.1 Å². The van der Waals surface area contributed by atoms with Gasteiger partial charge in [0.15, 0.2) is 5.11 Å². The van der Waals surface area contributed by atoms with Crippen molar-refractivity contribution >= 4 is 23.0 Å². The molecule has 1 aliphatic carbocycles. The van der Waals surface area contributed by atoms with Crippen LogP contribution in [-0.2, 0) is 0 Å². The number of nitrogens with one attached hydrogen (secondary N) is 2. The van der Waals surface area contributed by atoms with Gasteiger partial charge in [-0.3, -0.25) is 0 Å². The van der Waals surface area contributed by atoms with Crippen LogP contribution in [0.3, 0.4) is 0 Å². The molecule has 122 valence electrons. The maximum atomic E-state index is 5.43. The van der Waals surface area contributed by atoms with E-state index in [1.54, 1.807) is 14.2 Å². The fraction of sp³-hybridized carbons (Fsp3) is 0.588. The van der Waals surface area contributed by atoms with Gasteiger partial charge >= 0.3 is 0 Å². The molecule has 1 aromatic carbocycles. The van der Waals surface area contributed by atoms with E-state index in [0.29, 0.717) is 11.2 Å². The molecule has 1 fully saturated rings. The summed E-state index contributed by atoms with van der Waals surface area (Å²) in [6, 6.07) is 6.13. The van der Waals surface area contributed by atoms with Gasteiger partial charge in [0.05, 0.1) is 19.9 Å². The van der Waals surface area contributed by atoms with Crippen LogP contribution in [0.4, 0.5) is 5.69 Å². The normalized spacial score (nSPS) is 21.0. The van der Waals surface area contributed by atoms with Crippen LogP contribution in [0.5, 0.6) is 11.5 Å². The lowest BCUT2D eigenvalue weighted by Gasteiger charge is -2.29. The highest BCUT2D eigenvalue weighted by Gasteiger charge is 2.20. The molecule has 0 bridgehead atoms. The van der Waals surface area contributed by atoms with Crippen molar-refractivity contribution in [3.05, 3.63) is 18.2 Å². The van der Waals surface area contributed by atoms with Crippen molar-refractivity contribution in [3.8, 4) is 11.5 Å². The molecule has 0 aliphatic heterocycles. The van der Waals surface area contributed by atoms with Gasteiger partial charge in [-0.25, -0.2) is 0 Å². The first kappa shape index (κ1) is 16.9. The molecule has 0 saturated heterocycles. The van der Waals surface area contributed by atoms with Crippen molar-refractivity contribution in [2.75, 3.05) is 19.5 Å². The minimum absolute atomic E-state index is 0.479. The number of ether oxygens (including phenoxy) is 2. The molecule has 0 atom stereocenters. The van der Waals surface area contributed by atoms with Crippen LogP contribution >= 0.6 is 12.2 Å². The van der Waals surface area contributed by atoms with E-state index in [2.05, 4.69) is 17.6 Å². The molecule has 2 N–H and O–H groups in total. The Morgan fingerprint density at radius 1 is 1.18 bits per heavy atom. The number of benzene rings is 1. The first-order chi connectivity index (χ1) is 10.7. The topological polar surface area (TPSA) is 42.5 Å². The molecule has 1 aliphatic rings. The number of anilines is 1. The highest BCUT2D eigenvalue weighted by atomic mass is 32.1. The molecule has 0 unspecified atom stereocenters. The number of methoxy groups -OCH3 is 2. The SMILES string of the molecule is CCC1CCC(NC(=S)Nc2ccc(OC)cc2OC)CC1. The van der Waals surface area contributed by atoms with Crippen molar-refractivity contribution < 1.29 is 9.47 Å².